The maximum absolute atomic E-state index is 11.4. The molecule has 0 aromatic heterocycles. The highest BCUT2D eigenvalue weighted by atomic mass is 16.6. The first-order valence-electron chi connectivity index (χ1n) is 5.12. The Morgan fingerprint density at radius 3 is 2.76 bits per heavy atom. The van der Waals surface area contributed by atoms with E-state index in [4.69, 9.17) is 9.47 Å². The van der Waals surface area contributed by atoms with Gasteiger partial charge in [-0.25, -0.2) is 9.59 Å². The summed E-state index contributed by atoms with van der Waals surface area (Å²) in [6.07, 6.45) is 1.80. The van der Waals surface area contributed by atoms with Crippen LogP contribution in [-0.4, -0.2) is 24.8 Å². The van der Waals surface area contributed by atoms with Gasteiger partial charge in [0.25, 0.3) is 0 Å². The van der Waals surface area contributed by atoms with E-state index >= 15 is 0 Å². The second kappa shape index (κ2) is 5.16. The fourth-order valence-corrected chi connectivity index (χ4v) is 1.34. The van der Waals surface area contributed by atoms with Crippen molar-refractivity contribution in [3.63, 3.8) is 0 Å². The van der Waals surface area contributed by atoms with Gasteiger partial charge in [-0.2, -0.15) is 0 Å². The topological polar surface area (TPSA) is 64.6 Å². The summed E-state index contributed by atoms with van der Waals surface area (Å²) >= 11 is 0. The summed E-state index contributed by atoms with van der Waals surface area (Å²) < 4.78 is 9.71. The molecule has 0 aliphatic carbocycles. The molecule has 88 valence electrons. The number of hydrogen-bond acceptors (Lipinski definition) is 4. The zero-order valence-corrected chi connectivity index (χ0v) is 8.96. The van der Waals surface area contributed by atoms with Gasteiger partial charge in [0.1, 0.15) is 6.61 Å². The number of anilines is 1. The first kappa shape index (κ1) is 11.2. The summed E-state index contributed by atoms with van der Waals surface area (Å²) in [7, 11) is 0. The standard InChI is InChI=1S/C12H11NO4/c14-11-7-6-10(17-11)8-16-12(15)13-9-4-2-1-3-5-9/h1-7,10H,8H2,(H,13,15). The fraction of sp³-hybridized carbons (Fsp3) is 0.167. The zero-order valence-electron chi connectivity index (χ0n) is 8.96. The van der Waals surface area contributed by atoms with Crippen LogP contribution in [0.2, 0.25) is 0 Å². The zero-order chi connectivity index (χ0) is 12.1. The predicted molar refractivity (Wildman–Crippen MR) is 60.4 cm³/mol. The lowest BCUT2D eigenvalue weighted by atomic mass is 10.3. The van der Waals surface area contributed by atoms with Gasteiger partial charge in [0, 0.05) is 11.8 Å². The van der Waals surface area contributed by atoms with Crippen molar-refractivity contribution in [2.75, 3.05) is 11.9 Å². The lowest BCUT2D eigenvalue weighted by Crippen LogP contribution is -2.21. The van der Waals surface area contributed by atoms with E-state index in [0.29, 0.717) is 5.69 Å². The summed E-state index contributed by atoms with van der Waals surface area (Å²) in [4.78, 5) is 22.1. The molecule has 17 heavy (non-hydrogen) atoms. The molecule has 0 radical (unpaired) electrons. The molecular formula is C12H11NO4. The molecule has 5 heteroatoms. The maximum Gasteiger partial charge on any atom is 0.411 e. The second-order valence-corrected chi connectivity index (χ2v) is 3.42. The Labute approximate surface area is 98.0 Å². The number of rotatable bonds is 3. The highest BCUT2D eigenvalue weighted by Gasteiger charge is 2.18. The molecule has 1 unspecified atom stereocenters. The second-order valence-electron chi connectivity index (χ2n) is 3.42. The Morgan fingerprint density at radius 1 is 1.35 bits per heavy atom. The van der Waals surface area contributed by atoms with Gasteiger partial charge < -0.3 is 9.47 Å². The van der Waals surface area contributed by atoms with E-state index in [2.05, 4.69) is 5.32 Å². The van der Waals surface area contributed by atoms with Crippen LogP contribution in [0.4, 0.5) is 10.5 Å². The van der Waals surface area contributed by atoms with Crippen LogP contribution in [0.1, 0.15) is 0 Å². The van der Waals surface area contributed by atoms with Crippen molar-refractivity contribution in [3.05, 3.63) is 42.5 Å². The van der Waals surface area contributed by atoms with E-state index in [1.807, 2.05) is 6.07 Å². The molecule has 1 atom stereocenters. The van der Waals surface area contributed by atoms with Crippen molar-refractivity contribution >= 4 is 17.7 Å². The molecule has 1 N–H and O–H groups in total. The number of hydrogen-bond donors (Lipinski definition) is 1. The SMILES string of the molecule is O=C1C=CC(COC(=O)Nc2ccccc2)O1. The number of cyclic esters (lactones) is 1. The van der Waals surface area contributed by atoms with Gasteiger partial charge in [-0.05, 0) is 18.2 Å². The largest absolute Gasteiger partial charge is 0.451 e. The van der Waals surface area contributed by atoms with Crippen LogP contribution in [0.5, 0.6) is 0 Å². The number of nitrogens with one attached hydrogen (secondary N) is 1. The molecule has 0 spiro atoms. The normalized spacial score (nSPS) is 17.6. The van der Waals surface area contributed by atoms with Crippen LogP contribution in [0.15, 0.2) is 42.5 Å². The van der Waals surface area contributed by atoms with E-state index in [0.717, 1.165) is 0 Å². The van der Waals surface area contributed by atoms with E-state index in [1.54, 1.807) is 30.3 Å². The van der Waals surface area contributed by atoms with Gasteiger partial charge >= 0.3 is 12.1 Å². The van der Waals surface area contributed by atoms with Crippen LogP contribution >= 0.6 is 0 Å². The molecule has 1 aliphatic rings. The molecule has 5 nitrogen and oxygen atoms in total. The molecule has 1 aromatic rings. The summed E-state index contributed by atoms with van der Waals surface area (Å²) in [6.45, 7) is 0.0148. The monoisotopic (exact) mass is 233 g/mol. The van der Waals surface area contributed by atoms with E-state index in [9.17, 15) is 9.59 Å². The van der Waals surface area contributed by atoms with Crippen LogP contribution in [0, 0.1) is 0 Å². The van der Waals surface area contributed by atoms with Crippen molar-refractivity contribution in [1.82, 2.24) is 0 Å². The average molecular weight is 233 g/mol. The predicted octanol–water partition coefficient (Wildman–Crippen LogP) is 1.72. The minimum absolute atomic E-state index is 0.0148. The third-order valence-electron chi connectivity index (χ3n) is 2.11. The van der Waals surface area contributed by atoms with Crippen molar-refractivity contribution in [1.29, 1.82) is 0 Å². The summed E-state index contributed by atoms with van der Waals surface area (Å²) in [5, 5.41) is 2.55. The highest BCUT2D eigenvalue weighted by molar-refractivity contribution is 5.85. The molecular weight excluding hydrogens is 222 g/mol. The molecule has 1 aromatic carbocycles. The molecule has 0 fully saturated rings. The third-order valence-corrected chi connectivity index (χ3v) is 2.11. The molecule has 1 aliphatic heterocycles. The van der Waals surface area contributed by atoms with Crippen LogP contribution in [0.3, 0.4) is 0 Å². The minimum atomic E-state index is -0.576. The minimum Gasteiger partial charge on any atom is -0.451 e. The van der Waals surface area contributed by atoms with Gasteiger partial charge in [0.05, 0.1) is 0 Å². The van der Waals surface area contributed by atoms with Crippen molar-refractivity contribution in [3.8, 4) is 0 Å². The molecule has 1 heterocycles. The quantitative estimate of drug-likeness (QED) is 0.807. The maximum atomic E-state index is 11.4. The van der Waals surface area contributed by atoms with Crippen LogP contribution < -0.4 is 5.32 Å². The Hall–Kier alpha value is -2.30. The molecule has 1 amide bonds. The molecule has 0 saturated heterocycles. The van der Waals surface area contributed by atoms with Gasteiger partial charge in [-0.15, -0.1) is 0 Å². The number of para-hydroxylation sites is 1. The summed E-state index contributed by atoms with van der Waals surface area (Å²) in [6, 6.07) is 8.95. The van der Waals surface area contributed by atoms with Crippen molar-refractivity contribution in [2.24, 2.45) is 0 Å². The number of esters is 1. The van der Waals surface area contributed by atoms with Gasteiger partial charge in [-0.3, -0.25) is 5.32 Å². The number of amides is 1. The Balaban J connectivity index is 1.75. The number of ether oxygens (including phenoxy) is 2. The van der Waals surface area contributed by atoms with Gasteiger partial charge in [0.15, 0.2) is 6.10 Å². The average Bonchev–Trinajstić information content (AvgIpc) is 2.74. The number of benzene rings is 1. The van der Waals surface area contributed by atoms with Crippen molar-refractivity contribution in [2.45, 2.75) is 6.10 Å². The molecule has 0 saturated carbocycles. The van der Waals surface area contributed by atoms with Crippen LogP contribution in [-0.2, 0) is 14.3 Å². The smallest absolute Gasteiger partial charge is 0.411 e. The fourth-order valence-electron chi connectivity index (χ4n) is 1.34. The first-order valence-corrected chi connectivity index (χ1v) is 5.12. The first-order chi connectivity index (χ1) is 8.24. The summed E-state index contributed by atoms with van der Waals surface area (Å²) in [5.41, 5.74) is 0.649. The lowest BCUT2D eigenvalue weighted by molar-refractivity contribution is -0.139. The Kier molecular flexibility index (Phi) is 3.40. The van der Waals surface area contributed by atoms with Gasteiger partial charge in [-0.1, -0.05) is 18.2 Å². The number of carbonyl (C=O) groups excluding carboxylic acids is 2. The van der Waals surface area contributed by atoms with E-state index in [-0.39, 0.29) is 6.61 Å². The lowest BCUT2D eigenvalue weighted by Gasteiger charge is -2.10. The highest BCUT2D eigenvalue weighted by Crippen LogP contribution is 2.08. The molecule has 0 bridgehead atoms. The van der Waals surface area contributed by atoms with E-state index in [1.165, 1.54) is 6.08 Å². The third kappa shape index (κ3) is 3.34. The van der Waals surface area contributed by atoms with Gasteiger partial charge in [0.2, 0.25) is 0 Å². The Morgan fingerprint density at radius 2 is 2.12 bits per heavy atom. The summed E-state index contributed by atoms with van der Waals surface area (Å²) in [5.74, 6) is -0.415. The number of carbonyl (C=O) groups is 2. The van der Waals surface area contributed by atoms with Crippen LogP contribution in [0.25, 0.3) is 0 Å². The van der Waals surface area contributed by atoms with E-state index < -0.39 is 18.2 Å². The molecule has 2 rings (SSSR count). The Bertz CT molecular complexity index is 441. The van der Waals surface area contributed by atoms with Crippen molar-refractivity contribution < 1.29 is 19.1 Å².